The number of rotatable bonds is 1. The van der Waals surface area contributed by atoms with E-state index in [1.807, 2.05) is 49.7 Å². The summed E-state index contributed by atoms with van der Waals surface area (Å²) in [5, 5.41) is 0. The van der Waals surface area contributed by atoms with E-state index >= 15 is 0 Å². The van der Waals surface area contributed by atoms with Gasteiger partial charge in [0, 0.05) is 18.3 Å². The Balaban J connectivity index is 2.23. The minimum Gasteiger partial charge on any atom is -0.331 e. The smallest absolute Gasteiger partial charge is 0.331 e. The summed E-state index contributed by atoms with van der Waals surface area (Å²) < 4.78 is 2.04. The Morgan fingerprint density at radius 1 is 1.16 bits per heavy atom. The number of imidazole rings is 1. The van der Waals surface area contributed by atoms with Crippen LogP contribution in [0.5, 0.6) is 0 Å². The average molecular weight is 254 g/mol. The standard InChI is InChI=1S/C14H14N4O/c1-8-6-11(17-14(19)15-8)10-4-5-13-12(7-10)16-9(2)18(13)3/h4-7H,1-3H3,(H,15,17,19). The lowest BCUT2D eigenvalue weighted by Gasteiger charge is -2.02. The van der Waals surface area contributed by atoms with Gasteiger partial charge in [-0.25, -0.2) is 9.78 Å². The zero-order valence-electron chi connectivity index (χ0n) is 11.1. The first kappa shape index (κ1) is 11.6. The minimum absolute atomic E-state index is 0.327. The number of H-pyrrole nitrogens is 1. The van der Waals surface area contributed by atoms with Gasteiger partial charge in [-0.3, -0.25) is 0 Å². The van der Waals surface area contributed by atoms with Gasteiger partial charge >= 0.3 is 5.69 Å². The minimum atomic E-state index is -0.327. The SMILES string of the molecule is Cc1cc(-c2ccc3c(c2)nc(C)n3C)nc(=O)[nH]1. The summed E-state index contributed by atoms with van der Waals surface area (Å²) in [6.07, 6.45) is 0. The number of nitrogens with zero attached hydrogens (tertiary/aromatic N) is 3. The fourth-order valence-corrected chi connectivity index (χ4v) is 2.21. The third-order valence-corrected chi connectivity index (χ3v) is 3.28. The molecule has 19 heavy (non-hydrogen) atoms. The van der Waals surface area contributed by atoms with Gasteiger partial charge in [0.1, 0.15) is 5.82 Å². The zero-order chi connectivity index (χ0) is 13.6. The topological polar surface area (TPSA) is 63.6 Å². The van der Waals surface area contributed by atoms with Gasteiger partial charge in [-0.05, 0) is 32.0 Å². The highest BCUT2D eigenvalue weighted by Crippen LogP contribution is 2.22. The van der Waals surface area contributed by atoms with Crippen LogP contribution in [-0.4, -0.2) is 19.5 Å². The molecular formula is C14H14N4O. The Morgan fingerprint density at radius 2 is 1.95 bits per heavy atom. The highest BCUT2D eigenvalue weighted by molar-refractivity contribution is 5.81. The van der Waals surface area contributed by atoms with Crippen molar-refractivity contribution in [3.05, 3.63) is 46.3 Å². The molecule has 2 heterocycles. The van der Waals surface area contributed by atoms with Crippen LogP contribution < -0.4 is 5.69 Å². The van der Waals surface area contributed by atoms with Crippen molar-refractivity contribution >= 4 is 11.0 Å². The van der Waals surface area contributed by atoms with E-state index in [9.17, 15) is 4.79 Å². The number of fused-ring (bicyclic) bond motifs is 1. The van der Waals surface area contributed by atoms with Gasteiger partial charge in [-0.15, -0.1) is 0 Å². The molecular weight excluding hydrogens is 240 g/mol. The normalized spacial score (nSPS) is 11.1. The second-order valence-corrected chi connectivity index (χ2v) is 4.68. The second kappa shape index (κ2) is 4.05. The maximum atomic E-state index is 11.4. The van der Waals surface area contributed by atoms with E-state index in [2.05, 4.69) is 15.0 Å². The fourth-order valence-electron chi connectivity index (χ4n) is 2.21. The van der Waals surface area contributed by atoms with Crippen molar-refractivity contribution < 1.29 is 0 Å². The lowest BCUT2D eigenvalue weighted by Crippen LogP contribution is -2.11. The molecule has 0 aliphatic heterocycles. The molecule has 5 nitrogen and oxygen atoms in total. The van der Waals surface area contributed by atoms with E-state index in [1.54, 1.807) is 0 Å². The molecule has 0 radical (unpaired) electrons. The molecule has 3 rings (SSSR count). The maximum Gasteiger partial charge on any atom is 0.345 e. The van der Waals surface area contributed by atoms with Crippen molar-refractivity contribution in [3.8, 4) is 11.3 Å². The predicted molar refractivity (Wildman–Crippen MR) is 74.0 cm³/mol. The lowest BCUT2D eigenvalue weighted by atomic mass is 10.1. The molecule has 0 unspecified atom stereocenters. The van der Waals surface area contributed by atoms with E-state index in [4.69, 9.17) is 0 Å². The fraction of sp³-hybridized carbons (Fsp3) is 0.214. The molecule has 1 aromatic carbocycles. The largest absolute Gasteiger partial charge is 0.345 e. The number of aromatic amines is 1. The summed E-state index contributed by atoms with van der Waals surface area (Å²) in [6, 6.07) is 7.79. The molecule has 96 valence electrons. The average Bonchev–Trinajstić information content (AvgIpc) is 2.63. The van der Waals surface area contributed by atoms with Crippen molar-refractivity contribution in [2.75, 3.05) is 0 Å². The molecule has 0 aliphatic carbocycles. The molecule has 0 atom stereocenters. The van der Waals surface area contributed by atoms with Crippen LogP contribution in [0.4, 0.5) is 0 Å². The Labute approximate surface area is 110 Å². The molecule has 5 heteroatoms. The van der Waals surface area contributed by atoms with Crippen LogP contribution in [0, 0.1) is 13.8 Å². The number of nitrogens with one attached hydrogen (secondary N) is 1. The highest BCUT2D eigenvalue weighted by Gasteiger charge is 2.07. The lowest BCUT2D eigenvalue weighted by molar-refractivity contribution is 0.886. The summed E-state index contributed by atoms with van der Waals surface area (Å²) in [6.45, 7) is 3.81. The van der Waals surface area contributed by atoms with Gasteiger partial charge in [0.2, 0.25) is 0 Å². The molecule has 0 saturated heterocycles. The molecule has 0 aliphatic rings. The molecule has 1 N–H and O–H groups in total. The van der Waals surface area contributed by atoms with Crippen LogP contribution in [0.1, 0.15) is 11.5 Å². The number of hydrogen-bond acceptors (Lipinski definition) is 3. The van der Waals surface area contributed by atoms with E-state index < -0.39 is 0 Å². The van der Waals surface area contributed by atoms with E-state index in [-0.39, 0.29) is 5.69 Å². The molecule has 3 aromatic rings. The molecule has 0 saturated carbocycles. The van der Waals surface area contributed by atoms with Crippen LogP contribution in [0.2, 0.25) is 0 Å². The Hall–Kier alpha value is -2.43. The molecule has 0 fully saturated rings. The summed E-state index contributed by atoms with van der Waals surface area (Å²) in [4.78, 5) is 22.6. The number of aromatic nitrogens is 4. The van der Waals surface area contributed by atoms with Crippen molar-refractivity contribution in [1.29, 1.82) is 0 Å². The van der Waals surface area contributed by atoms with Crippen LogP contribution >= 0.6 is 0 Å². The first-order valence-electron chi connectivity index (χ1n) is 6.06. The van der Waals surface area contributed by atoms with Crippen molar-refractivity contribution in [2.24, 2.45) is 7.05 Å². The summed E-state index contributed by atoms with van der Waals surface area (Å²) in [5.74, 6) is 0.960. The van der Waals surface area contributed by atoms with Crippen LogP contribution in [-0.2, 0) is 7.05 Å². The molecule has 0 bridgehead atoms. The number of benzene rings is 1. The van der Waals surface area contributed by atoms with Gasteiger partial charge in [0.25, 0.3) is 0 Å². The monoisotopic (exact) mass is 254 g/mol. The van der Waals surface area contributed by atoms with Crippen molar-refractivity contribution in [1.82, 2.24) is 19.5 Å². The third-order valence-electron chi connectivity index (χ3n) is 3.28. The van der Waals surface area contributed by atoms with Crippen LogP contribution in [0.3, 0.4) is 0 Å². The van der Waals surface area contributed by atoms with E-state index in [0.29, 0.717) is 5.69 Å². The Bertz CT molecular complexity index is 829. The molecule has 2 aromatic heterocycles. The first-order chi connectivity index (χ1) is 9.04. The number of hydrogen-bond donors (Lipinski definition) is 1. The van der Waals surface area contributed by atoms with E-state index in [1.165, 1.54) is 0 Å². The third kappa shape index (κ3) is 1.93. The quantitative estimate of drug-likeness (QED) is 0.721. The van der Waals surface area contributed by atoms with Gasteiger partial charge in [0.15, 0.2) is 0 Å². The van der Waals surface area contributed by atoms with Gasteiger partial charge in [-0.2, -0.15) is 4.98 Å². The molecule has 0 amide bonds. The summed E-state index contributed by atoms with van der Waals surface area (Å²) >= 11 is 0. The maximum absolute atomic E-state index is 11.4. The summed E-state index contributed by atoms with van der Waals surface area (Å²) in [5.41, 5.74) is 4.03. The van der Waals surface area contributed by atoms with Crippen LogP contribution in [0.25, 0.3) is 22.3 Å². The van der Waals surface area contributed by atoms with Crippen molar-refractivity contribution in [2.45, 2.75) is 13.8 Å². The number of aryl methyl sites for hydroxylation is 3. The molecule has 0 spiro atoms. The van der Waals surface area contributed by atoms with E-state index in [0.717, 1.165) is 28.1 Å². The zero-order valence-corrected chi connectivity index (χ0v) is 11.1. The second-order valence-electron chi connectivity index (χ2n) is 4.68. The Morgan fingerprint density at radius 3 is 2.68 bits per heavy atom. The highest BCUT2D eigenvalue weighted by atomic mass is 16.1. The van der Waals surface area contributed by atoms with Crippen molar-refractivity contribution in [3.63, 3.8) is 0 Å². The predicted octanol–water partition coefficient (Wildman–Crippen LogP) is 1.94. The summed E-state index contributed by atoms with van der Waals surface area (Å²) in [7, 11) is 1.99. The van der Waals surface area contributed by atoms with Gasteiger partial charge in [0.05, 0.1) is 16.7 Å². The Kier molecular flexibility index (Phi) is 2.48. The first-order valence-corrected chi connectivity index (χ1v) is 6.06. The van der Waals surface area contributed by atoms with Gasteiger partial charge in [-0.1, -0.05) is 6.07 Å². The van der Waals surface area contributed by atoms with Gasteiger partial charge < -0.3 is 9.55 Å². The van der Waals surface area contributed by atoms with Crippen LogP contribution in [0.15, 0.2) is 29.1 Å².